The number of benzene rings is 1. The fraction of sp³-hybridized carbons (Fsp3) is 0.462. The highest BCUT2D eigenvalue weighted by atomic mass is 79.9. The summed E-state index contributed by atoms with van der Waals surface area (Å²) in [7, 11) is 1.58. The van der Waals surface area contributed by atoms with Gasteiger partial charge in [0.25, 0.3) is 5.91 Å². The van der Waals surface area contributed by atoms with Gasteiger partial charge < -0.3 is 10.1 Å². The van der Waals surface area contributed by atoms with Gasteiger partial charge in [0, 0.05) is 10.0 Å². The molecule has 0 bridgehead atoms. The van der Waals surface area contributed by atoms with Crippen molar-refractivity contribution in [3.63, 3.8) is 0 Å². The lowest BCUT2D eigenvalue weighted by molar-refractivity contribution is 0.0910. The minimum absolute atomic E-state index is 0.0948. The zero-order chi connectivity index (χ0) is 13.1. The number of hydrogen-bond acceptors (Lipinski definition) is 2. The lowest BCUT2D eigenvalue weighted by Crippen LogP contribution is -2.42. The number of ether oxygens (including phenoxy) is 1. The van der Waals surface area contributed by atoms with Gasteiger partial charge in [-0.05, 0) is 54.4 Å². The van der Waals surface area contributed by atoms with Crippen LogP contribution < -0.4 is 10.1 Å². The van der Waals surface area contributed by atoms with Crippen molar-refractivity contribution in [1.29, 1.82) is 0 Å². The molecule has 17 heavy (non-hydrogen) atoms. The summed E-state index contributed by atoms with van der Waals surface area (Å²) in [6.07, 6.45) is 0.875. The molecule has 0 spiro atoms. The van der Waals surface area contributed by atoms with Crippen LogP contribution in [0.1, 0.15) is 37.6 Å². The molecule has 1 amide bonds. The first-order chi connectivity index (χ1) is 7.89. The number of hydrogen-bond donors (Lipinski definition) is 1. The summed E-state index contributed by atoms with van der Waals surface area (Å²) in [5.41, 5.74) is 0.380. The molecule has 1 N–H and O–H groups in total. The van der Waals surface area contributed by atoms with Crippen molar-refractivity contribution in [2.75, 3.05) is 7.11 Å². The van der Waals surface area contributed by atoms with E-state index in [9.17, 15) is 4.79 Å². The average Bonchev–Trinajstić information content (AvgIpc) is 2.29. The Balaban J connectivity index is 2.96. The quantitative estimate of drug-likeness (QED) is 0.925. The predicted octanol–water partition coefficient (Wildman–Crippen LogP) is 3.38. The van der Waals surface area contributed by atoms with E-state index in [1.54, 1.807) is 13.2 Å². The van der Waals surface area contributed by atoms with Gasteiger partial charge in [-0.1, -0.05) is 6.92 Å². The molecule has 4 heteroatoms. The molecule has 94 valence electrons. The van der Waals surface area contributed by atoms with Gasteiger partial charge in [-0.15, -0.1) is 0 Å². The lowest BCUT2D eigenvalue weighted by Gasteiger charge is -2.24. The van der Waals surface area contributed by atoms with E-state index in [1.165, 1.54) is 0 Å². The van der Waals surface area contributed by atoms with Crippen LogP contribution in [0.3, 0.4) is 0 Å². The van der Waals surface area contributed by atoms with Gasteiger partial charge in [-0.2, -0.15) is 0 Å². The molecule has 0 unspecified atom stereocenters. The highest BCUT2D eigenvalue weighted by Gasteiger charge is 2.20. The Morgan fingerprint density at radius 2 is 2.12 bits per heavy atom. The topological polar surface area (TPSA) is 38.3 Å². The van der Waals surface area contributed by atoms with E-state index < -0.39 is 0 Å². The lowest BCUT2D eigenvalue weighted by atomic mass is 10.0. The summed E-state index contributed by atoms with van der Waals surface area (Å²) in [6, 6.07) is 5.35. The zero-order valence-corrected chi connectivity index (χ0v) is 12.2. The zero-order valence-electron chi connectivity index (χ0n) is 10.6. The SMILES string of the molecule is CCC(C)(C)NC(=O)c1cc(OC)ccc1Br. The Bertz CT molecular complexity index is 416. The maximum Gasteiger partial charge on any atom is 0.252 e. The van der Waals surface area contributed by atoms with Crippen LogP contribution in [0.2, 0.25) is 0 Å². The Labute approximate surface area is 111 Å². The summed E-state index contributed by atoms with van der Waals surface area (Å²) < 4.78 is 5.88. The van der Waals surface area contributed by atoms with Crippen molar-refractivity contribution >= 4 is 21.8 Å². The van der Waals surface area contributed by atoms with Gasteiger partial charge in [0.15, 0.2) is 0 Å². The standard InChI is InChI=1S/C13H18BrNO2/c1-5-13(2,3)15-12(16)10-8-9(17-4)6-7-11(10)14/h6-8H,5H2,1-4H3,(H,15,16). The number of carbonyl (C=O) groups excluding carboxylic acids is 1. The largest absolute Gasteiger partial charge is 0.497 e. The van der Waals surface area contributed by atoms with Gasteiger partial charge in [-0.3, -0.25) is 4.79 Å². The Morgan fingerprint density at radius 1 is 1.47 bits per heavy atom. The molecule has 1 aromatic rings. The van der Waals surface area contributed by atoms with Crippen LogP contribution in [0.15, 0.2) is 22.7 Å². The molecule has 0 radical (unpaired) electrons. The van der Waals surface area contributed by atoms with E-state index in [2.05, 4.69) is 21.2 Å². The summed E-state index contributed by atoms with van der Waals surface area (Å²) in [5.74, 6) is 0.579. The molecule has 0 aliphatic heterocycles. The second-order valence-corrected chi connectivity index (χ2v) is 5.39. The smallest absolute Gasteiger partial charge is 0.252 e. The van der Waals surface area contributed by atoms with E-state index in [1.807, 2.05) is 32.9 Å². The number of rotatable bonds is 4. The maximum atomic E-state index is 12.1. The second kappa shape index (κ2) is 5.54. The molecule has 0 aliphatic rings. The second-order valence-electron chi connectivity index (χ2n) is 4.54. The van der Waals surface area contributed by atoms with Gasteiger partial charge in [0.1, 0.15) is 5.75 Å². The number of halogens is 1. The van der Waals surface area contributed by atoms with Crippen molar-refractivity contribution < 1.29 is 9.53 Å². The van der Waals surface area contributed by atoms with Crippen molar-refractivity contribution in [2.45, 2.75) is 32.7 Å². The fourth-order valence-electron chi connectivity index (χ4n) is 1.27. The molecular formula is C13H18BrNO2. The molecule has 0 saturated carbocycles. The minimum atomic E-state index is -0.209. The van der Waals surface area contributed by atoms with Crippen LogP contribution in [0.5, 0.6) is 5.75 Å². The van der Waals surface area contributed by atoms with E-state index in [0.717, 1.165) is 10.9 Å². The molecule has 0 heterocycles. The number of amides is 1. The van der Waals surface area contributed by atoms with Crippen molar-refractivity contribution in [2.24, 2.45) is 0 Å². The number of nitrogens with one attached hydrogen (secondary N) is 1. The van der Waals surface area contributed by atoms with Crippen LogP contribution in [-0.4, -0.2) is 18.6 Å². The molecule has 0 aromatic heterocycles. The highest BCUT2D eigenvalue weighted by Crippen LogP contribution is 2.23. The monoisotopic (exact) mass is 299 g/mol. The predicted molar refractivity (Wildman–Crippen MR) is 72.5 cm³/mol. The van der Waals surface area contributed by atoms with E-state index in [4.69, 9.17) is 4.74 Å². The maximum absolute atomic E-state index is 12.1. The van der Waals surface area contributed by atoms with Gasteiger partial charge in [-0.25, -0.2) is 0 Å². The van der Waals surface area contributed by atoms with Crippen LogP contribution in [0.4, 0.5) is 0 Å². The highest BCUT2D eigenvalue weighted by molar-refractivity contribution is 9.10. The van der Waals surface area contributed by atoms with Crippen molar-refractivity contribution in [1.82, 2.24) is 5.32 Å². The van der Waals surface area contributed by atoms with Gasteiger partial charge in [0.2, 0.25) is 0 Å². The van der Waals surface area contributed by atoms with Crippen LogP contribution in [0, 0.1) is 0 Å². The molecule has 1 rings (SSSR count). The minimum Gasteiger partial charge on any atom is -0.497 e. The normalized spacial score (nSPS) is 11.1. The molecule has 0 aliphatic carbocycles. The number of methoxy groups -OCH3 is 1. The molecule has 1 aromatic carbocycles. The van der Waals surface area contributed by atoms with E-state index >= 15 is 0 Å². The first-order valence-corrected chi connectivity index (χ1v) is 6.35. The van der Waals surface area contributed by atoms with Gasteiger partial charge in [0.05, 0.1) is 12.7 Å². The summed E-state index contributed by atoms with van der Waals surface area (Å²) in [4.78, 5) is 12.1. The first-order valence-electron chi connectivity index (χ1n) is 5.55. The molecule has 0 fully saturated rings. The van der Waals surface area contributed by atoms with Crippen LogP contribution in [-0.2, 0) is 0 Å². The van der Waals surface area contributed by atoms with E-state index in [0.29, 0.717) is 11.3 Å². The van der Waals surface area contributed by atoms with Crippen LogP contribution in [0.25, 0.3) is 0 Å². The first kappa shape index (κ1) is 14.0. The third kappa shape index (κ3) is 3.73. The Hall–Kier alpha value is -1.03. The summed E-state index contributed by atoms with van der Waals surface area (Å²) >= 11 is 3.37. The molecule has 3 nitrogen and oxygen atoms in total. The Morgan fingerprint density at radius 3 is 2.65 bits per heavy atom. The van der Waals surface area contributed by atoms with Gasteiger partial charge >= 0.3 is 0 Å². The summed E-state index contributed by atoms with van der Waals surface area (Å²) in [6.45, 7) is 6.04. The van der Waals surface area contributed by atoms with Crippen molar-refractivity contribution in [3.05, 3.63) is 28.2 Å². The van der Waals surface area contributed by atoms with Crippen LogP contribution >= 0.6 is 15.9 Å². The molecule has 0 saturated heterocycles. The molecule has 0 atom stereocenters. The number of carbonyl (C=O) groups is 1. The third-order valence-electron chi connectivity index (χ3n) is 2.75. The Kier molecular flexibility index (Phi) is 4.57. The van der Waals surface area contributed by atoms with Crippen molar-refractivity contribution in [3.8, 4) is 5.75 Å². The fourth-order valence-corrected chi connectivity index (χ4v) is 1.70. The average molecular weight is 300 g/mol. The molecular weight excluding hydrogens is 282 g/mol. The van der Waals surface area contributed by atoms with E-state index in [-0.39, 0.29) is 11.4 Å². The third-order valence-corrected chi connectivity index (χ3v) is 3.45. The summed E-state index contributed by atoms with van der Waals surface area (Å²) in [5, 5.41) is 2.99.